The van der Waals surface area contributed by atoms with E-state index in [4.69, 9.17) is 4.74 Å². The Morgan fingerprint density at radius 3 is 2.49 bits per heavy atom. The van der Waals surface area contributed by atoms with Crippen LogP contribution < -0.4 is 10.1 Å². The zero-order valence-electron chi connectivity index (χ0n) is 20.7. The molecule has 1 fully saturated rings. The molecule has 0 bridgehead atoms. The molecule has 10 heteroatoms. The number of carbonyl (C=O) groups is 1. The van der Waals surface area contributed by atoms with Gasteiger partial charge < -0.3 is 10.1 Å². The highest BCUT2D eigenvalue weighted by molar-refractivity contribution is 7.99. The van der Waals surface area contributed by atoms with Gasteiger partial charge >= 0.3 is 0 Å². The molecule has 186 valence electrons. The Hall–Kier alpha value is -2.59. The number of aromatic nitrogens is 5. The van der Waals surface area contributed by atoms with E-state index >= 15 is 0 Å². The molecule has 0 saturated heterocycles. The first kappa shape index (κ1) is 25.5. The minimum absolute atomic E-state index is 0.0394. The molecule has 4 rings (SSSR count). The van der Waals surface area contributed by atoms with Crippen molar-refractivity contribution < 1.29 is 9.53 Å². The summed E-state index contributed by atoms with van der Waals surface area (Å²) in [5, 5.41) is 13.5. The number of methoxy groups -OCH3 is 1. The smallest absolute Gasteiger partial charge is 0.230 e. The second-order valence-electron chi connectivity index (χ2n) is 8.88. The lowest BCUT2D eigenvalue weighted by Crippen LogP contribution is -2.41. The normalized spacial score (nSPS) is 17.8. The van der Waals surface area contributed by atoms with Crippen molar-refractivity contribution in [1.82, 2.24) is 30.0 Å². The predicted octanol–water partition coefficient (Wildman–Crippen LogP) is 4.76. The van der Waals surface area contributed by atoms with Gasteiger partial charge in [-0.25, -0.2) is 9.97 Å². The summed E-state index contributed by atoms with van der Waals surface area (Å²) in [6.07, 6.45) is 4.66. The average Bonchev–Trinajstić information content (AvgIpc) is 3.25. The second kappa shape index (κ2) is 11.9. The van der Waals surface area contributed by atoms with Crippen LogP contribution in [-0.4, -0.2) is 49.5 Å². The van der Waals surface area contributed by atoms with Gasteiger partial charge in [0.05, 0.1) is 18.6 Å². The van der Waals surface area contributed by atoms with Gasteiger partial charge in [0.2, 0.25) is 5.91 Å². The molecule has 3 aromatic rings. The maximum atomic E-state index is 12.7. The summed E-state index contributed by atoms with van der Waals surface area (Å²) >= 11 is 2.92. The van der Waals surface area contributed by atoms with Gasteiger partial charge in [-0.3, -0.25) is 9.36 Å². The molecule has 35 heavy (non-hydrogen) atoms. The Bertz CT molecular complexity index is 1130. The molecule has 1 saturated carbocycles. The standard InChI is InChI=1S/C25H32N6O2S2/c1-16-7-5-6-8-21(16)28-23(32)15-35-25-30-29-22(14-34-24-26-17(2)13-18(3)27-24)31(25)19-9-11-20(33-4)12-10-19/h9-13,16,21H,5-8,14-15H2,1-4H3,(H,28,32)/t16-,21+/m1/s1. The first-order chi connectivity index (χ1) is 16.9. The van der Waals surface area contributed by atoms with E-state index in [9.17, 15) is 4.79 Å². The third-order valence-corrected chi connectivity index (χ3v) is 7.89. The molecular weight excluding hydrogens is 480 g/mol. The van der Waals surface area contributed by atoms with Crippen LogP contribution >= 0.6 is 23.5 Å². The third-order valence-electron chi connectivity index (χ3n) is 6.11. The lowest BCUT2D eigenvalue weighted by atomic mass is 9.86. The maximum absolute atomic E-state index is 12.7. The largest absolute Gasteiger partial charge is 0.497 e. The fourth-order valence-corrected chi connectivity index (χ4v) is 5.92. The summed E-state index contributed by atoms with van der Waals surface area (Å²) < 4.78 is 7.31. The van der Waals surface area contributed by atoms with Crippen LogP contribution in [0.4, 0.5) is 0 Å². The minimum Gasteiger partial charge on any atom is -0.497 e. The molecular formula is C25H32N6O2S2. The fourth-order valence-electron chi connectivity index (χ4n) is 4.27. The Balaban J connectivity index is 1.50. The monoisotopic (exact) mass is 512 g/mol. The van der Waals surface area contributed by atoms with Gasteiger partial charge in [0.25, 0.3) is 0 Å². The van der Waals surface area contributed by atoms with Crippen molar-refractivity contribution in [2.45, 2.75) is 68.6 Å². The molecule has 0 spiro atoms. The van der Waals surface area contributed by atoms with E-state index in [-0.39, 0.29) is 11.9 Å². The highest BCUT2D eigenvalue weighted by atomic mass is 32.2. The van der Waals surface area contributed by atoms with Crippen LogP contribution in [0.2, 0.25) is 0 Å². The van der Waals surface area contributed by atoms with Crippen molar-refractivity contribution in [1.29, 1.82) is 0 Å². The third kappa shape index (κ3) is 6.76. The van der Waals surface area contributed by atoms with Crippen LogP contribution in [0.3, 0.4) is 0 Å². The summed E-state index contributed by atoms with van der Waals surface area (Å²) in [5.74, 6) is 2.96. The van der Waals surface area contributed by atoms with E-state index < -0.39 is 0 Å². The van der Waals surface area contributed by atoms with Gasteiger partial charge in [-0.2, -0.15) is 0 Å². The van der Waals surface area contributed by atoms with Crippen molar-refractivity contribution in [2.24, 2.45) is 5.92 Å². The molecule has 1 aliphatic rings. The number of amides is 1. The van der Waals surface area contributed by atoms with Crippen molar-refractivity contribution in [3.8, 4) is 11.4 Å². The number of aryl methyl sites for hydroxylation is 2. The first-order valence-corrected chi connectivity index (χ1v) is 13.9. The zero-order chi connectivity index (χ0) is 24.8. The Kier molecular flexibility index (Phi) is 8.67. The summed E-state index contributed by atoms with van der Waals surface area (Å²) in [5.41, 5.74) is 2.79. The number of hydrogen-bond donors (Lipinski definition) is 1. The lowest BCUT2D eigenvalue weighted by molar-refractivity contribution is -0.119. The van der Waals surface area contributed by atoms with E-state index in [0.717, 1.165) is 35.1 Å². The molecule has 1 amide bonds. The molecule has 1 N–H and O–H groups in total. The number of benzene rings is 1. The van der Waals surface area contributed by atoms with Crippen LogP contribution in [-0.2, 0) is 10.5 Å². The van der Waals surface area contributed by atoms with Crippen LogP contribution in [0.5, 0.6) is 5.75 Å². The van der Waals surface area contributed by atoms with E-state index in [1.165, 1.54) is 42.8 Å². The number of ether oxygens (including phenoxy) is 1. The number of hydrogen-bond acceptors (Lipinski definition) is 8. The van der Waals surface area contributed by atoms with Crippen molar-refractivity contribution in [3.05, 3.63) is 47.5 Å². The number of nitrogens with one attached hydrogen (secondary N) is 1. The second-order valence-corrected chi connectivity index (χ2v) is 10.8. The Labute approximate surface area is 215 Å². The van der Waals surface area contributed by atoms with Gasteiger partial charge in [0, 0.05) is 23.1 Å². The van der Waals surface area contributed by atoms with Gasteiger partial charge in [-0.05, 0) is 62.9 Å². The van der Waals surface area contributed by atoms with Gasteiger partial charge in [0.15, 0.2) is 10.3 Å². The minimum atomic E-state index is 0.0394. The Morgan fingerprint density at radius 2 is 1.80 bits per heavy atom. The van der Waals surface area contributed by atoms with Crippen LogP contribution in [0, 0.1) is 19.8 Å². The van der Waals surface area contributed by atoms with Crippen molar-refractivity contribution in [2.75, 3.05) is 12.9 Å². The van der Waals surface area contributed by atoms with E-state index in [1.807, 2.05) is 48.7 Å². The van der Waals surface area contributed by atoms with Crippen LogP contribution in [0.1, 0.15) is 49.8 Å². The number of thioether (sulfide) groups is 2. The highest BCUT2D eigenvalue weighted by Gasteiger charge is 2.23. The fraction of sp³-hybridized carbons (Fsp3) is 0.480. The van der Waals surface area contributed by atoms with Gasteiger partial charge in [0.1, 0.15) is 11.6 Å². The molecule has 0 unspecified atom stereocenters. The van der Waals surface area contributed by atoms with Gasteiger partial charge in [-0.15, -0.1) is 10.2 Å². The molecule has 1 aliphatic carbocycles. The van der Waals surface area contributed by atoms with Crippen LogP contribution in [0.25, 0.3) is 5.69 Å². The maximum Gasteiger partial charge on any atom is 0.230 e. The topological polar surface area (TPSA) is 94.8 Å². The molecule has 0 aliphatic heterocycles. The summed E-state index contributed by atoms with van der Waals surface area (Å²) in [6.45, 7) is 6.15. The molecule has 2 heterocycles. The predicted molar refractivity (Wildman–Crippen MR) is 139 cm³/mol. The quantitative estimate of drug-likeness (QED) is 0.324. The van der Waals surface area contributed by atoms with E-state index in [2.05, 4.69) is 32.4 Å². The highest BCUT2D eigenvalue weighted by Crippen LogP contribution is 2.28. The molecule has 2 atom stereocenters. The summed E-state index contributed by atoms with van der Waals surface area (Å²) in [7, 11) is 1.65. The van der Waals surface area contributed by atoms with E-state index in [1.54, 1.807) is 7.11 Å². The number of carbonyl (C=O) groups excluding carboxylic acids is 1. The zero-order valence-corrected chi connectivity index (χ0v) is 22.3. The molecule has 2 aromatic heterocycles. The van der Waals surface area contributed by atoms with E-state index in [0.29, 0.717) is 27.7 Å². The van der Waals surface area contributed by atoms with Crippen molar-refractivity contribution in [3.63, 3.8) is 0 Å². The molecule has 0 radical (unpaired) electrons. The summed E-state index contributed by atoms with van der Waals surface area (Å²) in [4.78, 5) is 21.8. The molecule has 1 aromatic carbocycles. The Morgan fingerprint density at radius 1 is 1.09 bits per heavy atom. The number of nitrogens with zero attached hydrogens (tertiary/aromatic N) is 5. The lowest BCUT2D eigenvalue weighted by Gasteiger charge is -2.29. The van der Waals surface area contributed by atoms with Crippen LogP contribution in [0.15, 0.2) is 40.6 Å². The molecule has 8 nitrogen and oxygen atoms in total. The van der Waals surface area contributed by atoms with Crippen molar-refractivity contribution >= 4 is 29.4 Å². The first-order valence-electron chi connectivity index (χ1n) is 11.9. The SMILES string of the molecule is COc1ccc(-n2c(CSc3nc(C)cc(C)n3)nnc2SCC(=O)N[C@H]2CCCC[C@H]2C)cc1. The van der Waals surface area contributed by atoms with Gasteiger partial charge in [-0.1, -0.05) is 43.3 Å². The summed E-state index contributed by atoms with van der Waals surface area (Å²) in [6, 6.07) is 9.98. The number of rotatable bonds is 9. The average molecular weight is 513 g/mol.